The van der Waals surface area contributed by atoms with E-state index < -0.39 is 11.5 Å². The Morgan fingerprint density at radius 1 is 1.71 bits per heavy atom. The fourth-order valence-electron chi connectivity index (χ4n) is 1.13. The fourth-order valence-corrected chi connectivity index (χ4v) is 1.13. The molecule has 14 heavy (non-hydrogen) atoms. The number of imidazole rings is 1. The summed E-state index contributed by atoms with van der Waals surface area (Å²) in [5.74, 6) is -1.01. The summed E-state index contributed by atoms with van der Waals surface area (Å²) in [5.41, 5.74) is 6.21. The van der Waals surface area contributed by atoms with Crippen molar-refractivity contribution in [3.8, 4) is 0 Å². The highest BCUT2D eigenvalue weighted by Gasteiger charge is 2.28. The number of hydrogen-bond acceptors (Lipinski definition) is 3. The predicted molar refractivity (Wildman–Crippen MR) is 51.9 cm³/mol. The van der Waals surface area contributed by atoms with Crippen LogP contribution in [0.15, 0.2) is 6.33 Å². The molecule has 5 nitrogen and oxygen atoms in total. The molecule has 0 bridgehead atoms. The van der Waals surface area contributed by atoms with E-state index in [4.69, 9.17) is 10.8 Å². The molecule has 1 heterocycles. The van der Waals surface area contributed by atoms with Gasteiger partial charge in [0.1, 0.15) is 5.54 Å². The Labute approximate surface area is 82.6 Å². The van der Waals surface area contributed by atoms with Crippen LogP contribution >= 0.6 is 0 Å². The highest BCUT2D eigenvalue weighted by molar-refractivity contribution is 5.77. The van der Waals surface area contributed by atoms with Crippen LogP contribution in [0.25, 0.3) is 0 Å². The van der Waals surface area contributed by atoms with Crippen LogP contribution < -0.4 is 5.73 Å². The van der Waals surface area contributed by atoms with Gasteiger partial charge in [0.05, 0.1) is 18.6 Å². The molecule has 3 N–H and O–H groups in total. The maximum atomic E-state index is 10.8. The van der Waals surface area contributed by atoms with E-state index >= 15 is 0 Å². The molecule has 5 heteroatoms. The lowest BCUT2D eigenvalue weighted by Crippen LogP contribution is -2.48. The number of nitrogens with zero attached hydrogens (tertiary/aromatic N) is 2. The number of carbonyl (C=O) groups is 1. The molecule has 0 aliphatic heterocycles. The van der Waals surface area contributed by atoms with Gasteiger partial charge in [-0.1, -0.05) is 0 Å². The number of carboxylic acids is 1. The summed E-state index contributed by atoms with van der Waals surface area (Å²) >= 11 is 0. The van der Waals surface area contributed by atoms with Crippen LogP contribution in [0, 0.1) is 13.8 Å². The van der Waals surface area contributed by atoms with Gasteiger partial charge >= 0.3 is 5.97 Å². The SMILES string of the molecule is Cc1ncn(CC(C)(N)C(=O)O)c1C. The maximum absolute atomic E-state index is 10.8. The average molecular weight is 197 g/mol. The van der Waals surface area contributed by atoms with Gasteiger partial charge in [-0.25, -0.2) is 4.98 Å². The van der Waals surface area contributed by atoms with Gasteiger partial charge in [-0.15, -0.1) is 0 Å². The van der Waals surface area contributed by atoms with Crippen LogP contribution in [-0.4, -0.2) is 26.2 Å². The van der Waals surface area contributed by atoms with E-state index in [1.807, 2.05) is 13.8 Å². The van der Waals surface area contributed by atoms with Gasteiger partial charge in [-0.3, -0.25) is 4.79 Å². The van der Waals surface area contributed by atoms with Crippen molar-refractivity contribution >= 4 is 5.97 Å². The lowest BCUT2D eigenvalue weighted by molar-refractivity contribution is -0.143. The quantitative estimate of drug-likeness (QED) is 0.730. The van der Waals surface area contributed by atoms with Crippen LogP contribution in [0.3, 0.4) is 0 Å². The Balaban J connectivity index is 2.89. The minimum atomic E-state index is -1.25. The standard InChI is InChI=1S/C9H15N3O2/c1-6-7(2)12(5-11-6)4-9(3,10)8(13)14/h5H,4,10H2,1-3H3,(H,13,14). The van der Waals surface area contributed by atoms with Gasteiger partial charge in [-0.2, -0.15) is 0 Å². The molecule has 0 amide bonds. The van der Waals surface area contributed by atoms with Crippen LogP contribution in [0.5, 0.6) is 0 Å². The summed E-state index contributed by atoms with van der Waals surface area (Å²) in [5, 5.41) is 8.84. The Kier molecular flexibility index (Phi) is 2.62. The van der Waals surface area contributed by atoms with E-state index in [-0.39, 0.29) is 6.54 Å². The summed E-state index contributed by atoms with van der Waals surface area (Å²) in [6, 6.07) is 0. The van der Waals surface area contributed by atoms with Crippen molar-refractivity contribution in [2.24, 2.45) is 5.73 Å². The van der Waals surface area contributed by atoms with Crippen LogP contribution in [-0.2, 0) is 11.3 Å². The number of rotatable bonds is 3. The summed E-state index contributed by atoms with van der Waals surface area (Å²) in [6.45, 7) is 5.49. The molecule has 1 aromatic rings. The second-order valence-electron chi connectivity index (χ2n) is 3.77. The largest absolute Gasteiger partial charge is 0.480 e. The summed E-state index contributed by atoms with van der Waals surface area (Å²) < 4.78 is 1.75. The molecular weight excluding hydrogens is 182 g/mol. The molecule has 1 aromatic heterocycles. The first-order chi connectivity index (χ1) is 6.34. The van der Waals surface area contributed by atoms with Crippen molar-refractivity contribution in [1.29, 1.82) is 0 Å². The number of hydrogen-bond donors (Lipinski definition) is 2. The van der Waals surface area contributed by atoms with Crippen molar-refractivity contribution in [2.75, 3.05) is 0 Å². The minimum Gasteiger partial charge on any atom is -0.480 e. The summed E-state index contributed by atoms with van der Waals surface area (Å²) in [7, 11) is 0. The number of aliphatic carboxylic acids is 1. The second kappa shape index (κ2) is 3.42. The molecule has 0 aromatic carbocycles. The number of aryl methyl sites for hydroxylation is 1. The molecule has 0 saturated carbocycles. The van der Waals surface area contributed by atoms with Gasteiger partial charge in [0.2, 0.25) is 0 Å². The van der Waals surface area contributed by atoms with Crippen LogP contribution in [0.2, 0.25) is 0 Å². The Morgan fingerprint density at radius 2 is 2.29 bits per heavy atom. The zero-order valence-electron chi connectivity index (χ0n) is 8.61. The predicted octanol–water partition coefficient (Wildman–Crippen LogP) is 0.302. The highest BCUT2D eigenvalue weighted by Crippen LogP contribution is 2.09. The van der Waals surface area contributed by atoms with Gasteiger partial charge in [0.15, 0.2) is 0 Å². The zero-order chi connectivity index (χ0) is 10.9. The van der Waals surface area contributed by atoms with Gasteiger partial charge < -0.3 is 15.4 Å². The molecule has 0 spiro atoms. The smallest absolute Gasteiger partial charge is 0.325 e. The van der Waals surface area contributed by atoms with E-state index in [9.17, 15) is 4.79 Å². The third-order valence-corrected chi connectivity index (χ3v) is 2.33. The average Bonchev–Trinajstić information content (AvgIpc) is 2.35. The van der Waals surface area contributed by atoms with Crippen molar-refractivity contribution in [1.82, 2.24) is 9.55 Å². The van der Waals surface area contributed by atoms with E-state index in [0.29, 0.717) is 0 Å². The van der Waals surface area contributed by atoms with E-state index in [1.165, 1.54) is 6.92 Å². The van der Waals surface area contributed by atoms with Crippen molar-refractivity contribution in [2.45, 2.75) is 32.9 Å². The number of carboxylic acid groups (broad SMARTS) is 1. The summed E-state index contributed by atoms with van der Waals surface area (Å²) in [6.07, 6.45) is 1.61. The lowest BCUT2D eigenvalue weighted by atomic mass is 10.0. The molecule has 1 unspecified atom stereocenters. The first kappa shape index (κ1) is 10.7. The van der Waals surface area contributed by atoms with Gasteiger partial charge in [0, 0.05) is 5.69 Å². The normalized spacial score (nSPS) is 15.1. The van der Waals surface area contributed by atoms with E-state index in [1.54, 1.807) is 10.9 Å². The topological polar surface area (TPSA) is 81.1 Å². The number of aromatic nitrogens is 2. The van der Waals surface area contributed by atoms with Gasteiger partial charge in [0.25, 0.3) is 0 Å². The molecule has 0 radical (unpaired) electrons. The van der Waals surface area contributed by atoms with Crippen LogP contribution in [0.1, 0.15) is 18.3 Å². The first-order valence-corrected chi connectivity index (χ1v) is 4.35. The molecular formula is C9H15N3O2. The summed E-state index contributed by atoms with van der Waals surface area (Å²) in [4.78, 5) is 14.9. The lowest BCUT2D eigenvalue weighted by Gasteiger charge is -2.20. The third kappa shape index (κ3) is 1.93. The van der Waals surface area contributed by atoms with Crippen molar-refractivity contribution in [3.05, 3.63) is 17.7 Å². The minimum absolute atomic E-state index is 0.231. The monoisotopic (exact) mass is 197 g/mol. The number of nitrogens with two attached hydrogens (primary N) is 1. The van der Waals surface area contributed by atoms with Gasteiger partial charge in [-0.05, 0) is 20.8 Å². The third-order valence-electron chi connectivity index (χ3n) is 2.33. The second-order valence-corrected chi connectivity index (χ2v) is 3.77. The maximum Gasteiger partial charge on any atom is 0.325 e. The molecule has 0 aliphatic rings. The Hall–Kier alpha value is -1.36. The molecule has 1 atom stereocenters. The fraction of sp³-hybridized carbons (Fsp3) is 0.556. The zero-order valence-corrected chi connectivity index (χ0v) is 8.61. The molecule has 0 fully saturated rings. The Bertz CT molecular complexity index is 355. The first-order valence-electron chi connectivity index (χ1n) is 4.35. The van der Waals surface area contributed by atoms with Crippen molar-refractivity contribution in [3.63, 3.8) is 0 Å². The van der Waals surface area contributed by atoms with Crippen LogP contribution in [0.4, 0.5) is 0 Å². The molecule has 78 valence electrons. The molecule has 0 aliphatic carbocycles. The molecule has 0 saturated heterocycles. The van der Waals surface area contributed by atoms with Crippen molar-refractivity contribution < 1.29 is 9.90 Å². The molecule has 1 rings (SSSR count). The van der Waals surface area contributed by atoms with E-state index in [0.717, 1.165) is 11.4 Å². The highest BCUT2D eigenvalue weighted by atomic mass is 16.4. The Morgan fingerprint density at radius 3 is 2.64 bits per heavy atom. The van der Waals surface area contributed by atoms with E-state index in [2.05, 4.69) is 4.98 Å².